The van der Waals surface area contributed by atoms with Crippen molar-refractivity contribution in [2.24, 2.45) is 0 Å². The third-order valence-electron chi connectivity index (χ3n) is 5.99. The first-order valence-electron chi connectivity index (χ1n) is 11.0. The molecule has 8 heteroatoms. The van der Waals surface area contributed by atoms with Crippen molar-refractivity contribution in [2.45, 2.75) is 12.8 Å². The highest BCUT2D eigenvalue weighted by Crippen LogP contribution is 2.38. The molecule has 1 amide bonds. The van der Waals surface area contributed by atoms with E-state index in [0.717, 1.165) is 24.1 Å². The molecule has 3 aromatic carbocycles. The molecule has 0 saturated heterocycles. The van der Waals surface area contributed by atoms with Crippen LogP contribution in [0.1, 0.15) is 22.3 Å². The summed E-state index contributed by atoms with van der Waals surface area (Å²) in [5.41, 5.74) is 3.81. The van der Waals surface area contributed by atoms with E-state index in [4.69, 9.17) is 39.5 Å². The molecule has 5 nitrogen and oxygen atoms in total. The monoisotopic (exact) mass is 524 g/mol. The lowest BCUT2D eigenvalue weighted by atomic mass is 10.0. The summed E-state index contributed by atoms with van der Waals surface area (Å²) in [5, 5.41) is 1.37. The summed E-state index contributed by atoms with van der Waals surface area (Å²) in [6.07, 6.45) is 1.78. The van der Waals surface area contributed by atoms with Crippen LogP contribution in [0.3, 0.4) is 0 Å². The van der Waals surface area contributed by atoms with Crippen LogP contribution in [0.2, 0.25) is 15.1 Å². The number of hydrogen-bond donors (Lipinski definition) is 0. The lowest BCUT2D eigenvalue weighted by molar-refractivity contribution is -0.121. The average molecular weight is 526 g/mol. The maximum atomic E-state index is 13.2. The van der Waals surface area contributed by atoms with Gasteiger partial charge in [0.05, 0.1) is 31.8 Å². The number of rotatable bonds is 4. The molecule has 0 N–H and O–H groups in total. The standard InChI is InChI=1S/C27H19Cl3N2O3/c28-20-12-11-18(25(29)26(20)30)22-14-19(17-8-2-3-9-21(17)31-22)27(34)35-15-24(33)32-13-5-7-16-6-1-4-10-23(16)32/h1-4,6,8-12,14H,5,7,13,15H2. The zero-order valence-electron chi connectivity index (χ0n) is 18.4. The van der Waals surface area contributed by atoms with Gasteiger partial charge in [0.25, 0.3) is 5.91 Å². The normalized spacial score (nSPS) is 12.9. The molecule has 0 fully saturated rings. The lowest BCUT2D eigenvalue weighted by Crippen LogP contribution is -2.38. The maximum Gasteiger partial charge on any atom is 0.339 e. The van der Waals surface area contributed by atoms with Gasteiger partial charge in [0.2, 0.25) is 0 Å². The van der Waals surface area contributed by atoms with Crippen molar-refractivity contribution in [3.05, 3.63) is 92.9 Å². The number of esters is 1. The van der Waals surface area contributed by atoms with Gasteiger partial charge in [-0.05, 0) is 48.7 Å². The number of amides is 1. The summed E-state index contributed by atoms with van der Waals surface area (Å²) in [5.74, 6) is -0.892. The molecule has 35 heavy (non-hydrogen) atoms. The number of fused-ring (bicyclic) bond motifs is 2. The Bertz CT molecular complexity index is 1470. The third kappa shape index (κ3) is 4.59. The summed E-state index contributed by atoms with van der Waals surface area (Å²) < 4.78 is 5.49. The molecule has 1 aliphatic heterocycles. The van der Waals surface area contributed by atoms with Crippen molar-refractivity contribution in [3.63, 3.8) is 0 Å². The summed E-state index contributed by atoms with van der Waals surface area (Å²) >= 11 is 18.7. The van der Waals surface area contributed by atoms with Gasteiger partial charge in [0, 0.05) is 23.2 Å². The fourth-order valence-electron chi connectivity index (χ4n) is 4.28. The number of anilines is 1. The van der Waals surface area contributed by atoms with Crippen LogP contribution in [-0.2, 0) is 16.0 Å². The van der Waals surface area contributed by atoms with Gasteiger partial charge in [-0.15, -0.1) is 0 Å². The van der Waals surface area contributed by atoms with Crippen LogP contribution in [-0.4, -0.2) is 30.0 Å². The van der Waals surface area contributed by atoms with Gasteiger partial charge in [0.1, 0.15) is 0 Å². The summed E-state index contributed by atoms with van der Waals surface area (Å²) in [7, 11) is 0. The number of para-hydroxylation sites is 2. The van der Waals surface area contributed by atoms with Crippen LogP contribution < -0.4 is 4.90 Å². The summed E-state index contributed by atoms with van der Waals surface area (Å²) in [6.45, 7) is 0.220. The molecular formula is C27H19Cl3N2O3. The number of hydrogen-bond acceptors (Lipinski definition) is 4. The molecule has 0 unspecified atom stereocenters. The number of halogens is 3. The molecular weight excluding hydrogens is 507 g/mol. The van der Waals surface area contributed by atoms with E-state index in [1.165, 1.54) is 0 Å². The Hall–Kier alpha value is -3.12. The number of carbonyl (C=O) groups excluding carboxylic acids is 2. The molecule has 4 aromatic rings. The highest BCUT2D eigenvalue weighted by molar-refractivity contribution is 6.49. The minimum atomic E-state index is -0.625. The predicted octanol–water partition coefficient (Wildman–Crippen LogP) is 7.00. The van der Waals surface area contributed by atoms with Crippen molar-refractivity contribution in [1.29, 1.82) is 0 Å². The molecule has 1 aromatic heterocycles. The Morgan fingerprint density at radius 3 is 2.57 bits per heavy atom. The van der Waals surface area contributed by atoms with Crippen molar-refractivity contribution in [1.82, 2.24) is 4.98 Å². The van der Waals surface area contributed by atoms with Crippen molar-refractivity contribution in [2.75, 3.05) is 18.1 Å². The van der Waals surface area contributed by atoms with Crippen LogP contribution in [0.25, 0.3) is 22.2 Å². The Labute approximate surface area is 217 Å². The summed E-state index contributed by atoms with van der Waals surface area (Å²) in [6, 6.07) is 19.9. The van der Waals surface area contributed by atoms with Gasteiger partial charge in [0.15, 0.2) is 6.61 Å². The number of carbonyl (C=O) groups is 2. The zero-order valence-corrected chi connectivity index (χ0v) is 20.7. The van der Waals surface area contributed by atoms with Crippen molar-refractivity contribution in [3.8, 4) is 11.3 Å². The van der Waals surface area contributed by atoms with E-state index in [1.807, 2.05) is 36.4 Å². The Morgan fingerprint density at radius 2 is 1.71 bits per heavy atom. The van der Waals surface area contributed by atoms with Gasteiger partial charge in [-0.2, -0.15) is 0 Å². The molecule has 0 saturated carbocycles. The molecule has 176 valence electrons. The molecule has 0 bridgehead atoms. The van der Waals surface area contributed by atoms with E-state index >= 15 is 0 Å². The van der Waals surface area contributed by atoms with Crippen molar-refractivity contribution >= 4 is 63.3 Å². The number of pyridine rings is 1. The topological polar surface area (TPSA) is 59.5 Å². The first kappa shape index (κ1) is 23.6. The molecule has 0 aliphatic carbocycles. The first-order valence-corrected chi connectivity index (χ1v) is 12.2. The molecule has 5 rings (SSSR count). The minimum absolute atomic E-state index is 0.206. The molecule has 0 radical (unpaired) electrons. The SMILES string of the molecule is O=C(OCC(=O)N1CCCc2ccccc21)c1cc(-c2ccc(Cl)c(Cl)c2Cl)nc2ccccc12. The van der Waals surface area contributed by atoms with Crippen LogP contribution >= 0.6 is 34.8 Å². The van der Waals surface area contributed by atoms with E-state index in [0.29, 0.717) is 33.7 Å². The smallest absolute Gasteiger partial charge is 0.339 e. The number of aryl methyl sites for hydroxylation is 1. The number of ether oxygens (including phenoxy) is 1. The first-order chi connectivity index (χ1) is 16.9. The van der Waals surface area contributed by atoms with Crippen LogP contribution in [0.4, 0.5) is 5.69 Å². The van der Waals surface area contributed by atoms with Gasteiger partial charge in [-0.1, -0.05) is 71.2 Å². The van der Waals surface area contributed by atoms with Crippen molar-refractivity contribution < 1.29 is 14.3 Å². The zero-order chi connectivity index (χ0) is 24.5. The number of aromatic nitrogens is 1. The van der Waals surface area contributed by atoms with E-state index in [9.17, 15) is 9.59 Å². The highest BCUT2D eigenvalue weighted by Gasteiger charge is 2.24. The van der Waals surface area contributed by atoms with E-state index in [1.54, 1.807) is 35.2 Å². The Balaban J connectivity index is 1.44. The Morgan fingerprint density at radius 1 is 0.943 bits per heavy atom. The molecule has 1 aliphatic rings. The third-order valence-corrected chi connectivity index (χ3v) is 7.28. The lowest BCUT2D eigenvalue weighted by Gasteiger charge is -2.29. The fraction of sp³-hybridized carbons (Fsp3) is 0.148. The molecule has 2 heterocycles. The van der Waals surface area contributed by atoms with Gasteiger partial charge >= 0.3 is 5.97 Å². The second kappa shape index (κ2) is 9.86. The predicted molar refractivity (Wildman–Crippen MR) is 140 cm³/mol. The minimum Gasteiger partial charge on any atom is -0.452 e. The van der Waals surface area contributed by atoms with E-state index in [2.05, 4.69) is 4.98 Å². The highest BCUT2D eigenvalue weighted by atomic mass is 35.5. The second-order valence-electron chi connectivity index (χ2n) is 8.15. The Kier molecular flexibility index (Phi) is 6.65. The van der Waals surface area contributed by atoms with E-state index < -0.39 is 5.97 Å². The number of nitrogens with zero attached hydrogens (tertiary/aromatic N) is 2. The van der Waals surface area contributed by atoms with E-state index in [-0.39, 0.29) is 28.1 Å². The van der Waals surface area contributed by atoms with Gasteiger partial charge < -0.3 is 9.64 Å². The fourth-order valence-corrected chi connectivity index (χ4v) is 4.91. The van der Waals surface area contributed by atoms with Gasteiger partial charge in [-0.3, -0.25) is 4.79 Å². The van der Waals surface area contributed by atoms with Gasteiger partial charge in [-0.25, -0.2) is 9.78 Å². The average Bonchev–Trinajstić information content (AvgIpc) is 2.89. The molecule has 0 atom stereocenters. The number of benzene rings is 3. The quantitative estimate of drug-likeness (QED) is 0.213. The van der Waals surface area contributed by atoms with Crippen LogP contribution in [0.5, 0.6) is 0 Å². The maximum absolute atomic E-state index is 13.2. The van der Waals surface area contributed by atoms with Crippen LogP contribution in [0.15, 0.2) is 66.7 Å². The second-order valence-corrected chi connectivity index (χ2v) is 9.31. The molecule has 0 spiro atoms. The summed E-state index contributed by atoms with van der Waals surface area (Å²) in [4.78, 5) is 32.5. The largest absolute Gasteiger partial charge is 0.452 e. The van der Waals surface area contributed by atoms with Crippen LogP contribution in [0, 0.1) is 0 Å².